The van der Waals surface area contributed by atoms with E-state index in [4.69, 9.17) is 0 Å². The fraction of sp³-hybridized carbons (Fsp3) is 0.667. The predicted molar refractivity (Wildman–Crippen MR) is 74.8 cm³/mol. The lowest BCUT2D eigenvalue weighted by molar-refractivity contribution is 0.199. The molecule has 18 heavy (non-hydrogen) atoms. The Bertz CT molecular complexity index is 373. The van der Waals surface area contributed by atoms with Crippen LogP contribution in [0.1, 0.15) is 57.6 Å². The molecule has 0 aromatic carbocycles. The summed E-state index contributed by atoms with van der Waals surface area (Å²) in [7, 11) is 0. The highest BCUT2D eigenvalue weighted by Crippen LogP contribution is 2.27. The highest BCUT2D eigenvalue weighted by atomic mass is 16.3. The van der Waals surface area contributed by atoms with E-state index in [0.717, 1.165) is 17.9 Å². The SMILES string of the molecule is CCN(c1cc(C(C)O)ccn1)C1CCCCC1. The van der Waals surface area contributed by atoms with Crippen molar-refractivity contribution in [3.8, 4) is 0 Å². The van der Waals surface area contributed by atoms with Crippen molar-refractivity contribution < 1.29 is 5.11 Å². The third-order valence-electron chi connectivity index (χ3n) is 3.90. The molecule has 0 radical (unpaired) electrons. The van der Waals surface area contributed by atoms with E-state index in [1.54, 1.807) is 6.92 Å². The van der Waals surface area contributed by atoms with Crippen molar-refractivity contribution in [3.63, 3.8) is 0 Å². The second kappa shape index (κ2) is 6.19. The first-order valence-corrected chi connectivity index (χ1v) is 7.13. The van der Waals surface area contributed by atoms with Crippen LogP contribution in [0.4, 0.5) is 5.82 Å². The Hall–Kier alpha value is -1.09. The van der Waals surface area contributed by atoms with E-state index in [0.29, 0.717) is 6.04 Å². The molecule has 2 rings (SSSR count). The van der Waals surface area contributed by atoms with Gasteiger partial charge in [-0.15, -0.1) is 0 Å². The molecule has 0 amide bonds. The van der Waals surface area contributed by atoms with E-state index in [9.17, 15) is 5.11 Å². The fourth-order valence-corrected chi connectivity index (χ4v) is 2.85. The molecule has 100 valence electrons. The Morgan fingerprint density at radius 1 is 1.39 bits per heavy atom. The average molecular weight is 248 g/mol. The quantitative estimate of drug-likeness (QED) is 0.888. The first-order valence-electron chi connectivity index (χ1n) is 7.13. The second-order valence-corrected chi connectivity index (χ2v) is 5.20. The number of anilines is 1. The van der Waals surface area contributed by atoms with Gasteiger partial charge in [-0.05, 0) is 44.4 Å². The van der Waals surface area contributed by atoms with Crippen LogP contribution in [0.2, 0.25) is 0 Å². The molecule has 3 nitrogen and oxygen atoms in total. The highest BCUT2D eigenvalue weighted by molar-refractivity contribution is 5.42. The van der Waals surface area contributed by atoms with Crippen molar-refractivity contribution in [2.75, 3.05) is 11.4 Å². The zero-order valence-corrected chi connectivity index (χ0v) is 11.5. The first kappa shape index (κ1) is 13.3. The van der Waals surface area contributed by atoms with Crippen LogP contribution >= 0.6 is 0 Å². The zero-order chi connectivity index (χ0) is 13.0. The van der Waals surface area contributed by atoms with Crippen molar-refractivity contribution in [2.24, 2.45) is 0 Å². The fourth-order valence-electron chi connectivity index (χ4n) is 2.85. The molecule has 1 N–H and O–H groups in total. The summed E-state index contributed by atoms with van der Waals surface area (Å²) in [6.45, 7) is 4.97. The standard InChI is InChI=1S/C15H24N2O/c1-3-17(14-7-5-4-6-8-14)15-11-13(12(2)18)9-10-16-15/h9-12,14,18H,3-8H2,1-2H3. The molecule has 0 aliphatic heterocycles. The molecule has 1 unspecified atom stereocenters. The van der Waals surface area contributed by atoms with Gasteiger partial charge < -0.3 is 10.0 Å². The summed E-state index contributed by atoms with van der Waals surface area (Å²) in [6, 6.07) is 4.55. The summed E-state index contributed by atoms with van der Waals surface area (Å²) < 4.78 is 0. The number of hydrogen-bond donors (Lipinski definition) is 1. The molecule has 0 saturated heterocycles. The van der Waals surface area contributed by atoms with Gasteiger partial charge in [0.15, 0.2) is 0 Å². The van der Waals surface area contributed by atoms with Crippen LogP contribution in [0.15, 0.2) is 18.3 Å². The van der Waals surface area contributed by atoms with E-state index in [1.165, 1.54) is 32.1 Å². The van der Waals surface area contributed by atoms with E-state index < -0.39 is 6.10 Å². The molecule has 1 atom stereocenters. The van der Waals surface area contributed by atoms with Crippen molar-refractivity contribution in [3.05, 3.63) is 23.9 Å². The highest BCUT2D eigenvalue weighted by Gasteiger charge is 2.21. The predicted octanol–water partition coefficient (Wildman–Crippen LogP) is 3.29. The monoisotopic (exact) mass is 248 g/mol. The summed E-state index contributed by atoms with van der Waals surface area (Å²) in [5.74, 6) is 1.02. The summed E-state index contributed by atoms with van der Waals surface area (Å²) in [5, 5.41) is 9.67. The number of rotatable bonds is 4. The normalized spacial score (nSPS) is 18.6. The van der Waals surface area contributed by atoms with E-state index >= 15 is 0 Å². The summed E-state index contributed by atoms with van der Waals surface area (Å²) in [5.41, 5.74) is 0.953. The van der Waals surface area contributed by atoms with Crippen LogP contribution in [0.3, 0.4) is 0 Å². The zero-order valence-electron chi connectivity index (χ0n) is 11.5. The Labute approximate surface area is 110 Å². The van der Waals surface area contributed by atoms with Crippen LogP contribution in [0, 0.1) is 0 Å². The molecule has 1 heterocycles. The van der Waals surface area contributed by atoms with Gasteiger partial charge in [0, 0.05) is 18.8 Å². The van der Waals surface area contributed by atoms with Crippen LogP contribution in [-0.4, -0.2) is 22.7 Å². The number of aromatic nitrogens is 1. The van der Waals surface area contributed by atoms with Gasteiger partial charge in [-0.1, -0.05) is 19.3 Å². The molecule has 1 aromatic rings. The van der Waals surface area contributed by atoms with Crippen molar-refractivity contribution in [2.45, 2.75) is 58.1 Å². The van der Waals surface area contributed by atoms with Gasteiger partial charge in [0.1, 0.15) is 5.82 Å². The third kappa shape index (κ3) is 3.02. The Kier molecular flexibility index (Phi) is 4.59. The first-order chi connectivity index (χ1) is 8.72. The van der Waals surface area contributed by atoms with Crippen LogP contribution < -0.4 is 4.90 Å². The molecule has 1 aliphatic rings. The maximum absolute atomic E-state index is 9.67. The second-order valence-electron chi connectivity index (χ2n) is 5.20. The molecule has 1 aliphatic carbocycles. The molecule has 1 fully saturated rings. The lowest BCUT2D eigenvalue weighted by atomic mass is 9.94. The summed E-state index contributed by atoms with van der Waals surface area (Å²) in [6.07, 6.45) is 7.96. The van der Waals surface area contributed by atoms with Crippen molar-refractivity contribution >= 4 is 5.82 Å². The summed E-state index contributed by atoms with van der Waals surface area (Å²) in [4.78, 5) is 6.88. The Morgan fingerprint density at radius 2 is 2.11 bits per heavy atom. The minimum absolute atomic E-state index is 0.420. The molecule has 1 aromatic heterocycles. The van der Waals surface area contributed by atoms with Crippen molar-refractivity contribution in [1.82, 2.24) is 4.98 Å². The minimum Gasteiger partial charge on any atom is -0.389 e. The molecular formula is C15H24N2O. The van der Waals surface area contributed by atoms with Crippen LogP contribution in [-0.2, 0) is 0 Å². The number of aliphatic hydroxyl groups is 1. The minimum atomic E-state index is -0.420. The Balaban J connectivity index is 2.18. The number of aliphatic hydroxyl groups excluding tert-OH is 1. The maximum Gasteiger partial charge on any atom is 0.129 e. The van der Waals surface area contributed by atoms with Gasteiger partial charge in [-0.2, -0.15) is 0 Å². The van der Waals surface area contributed by atoms with E-state index in [1.807, 2.05) is 18.3 Å². The lowest BCUT2D eigenvalue weighted by Gasteiger charge is -2.34. The lowest BCUT2D eigenvalue weighted by Crippen LogP contribution is -2.37. The van der Waals surface area contributed by atoms with E-state index in [-0.39, 0.29) is 0 Å². The van der Waals surface area contributed by atoms with Gasteiger partial charge in [0.2, 0.25) is 0 Å². The van der Waals surface area contributed by atoms with Gasteiger partial charge in [0.05, 0.1) is 6.10 Å². The number of nitrogens with zero attached hydrogens (tertiary/aromatic N) is 2. The maximum atomic E-state index is 9.67. The van der Waals surface area contributed by atoms with Crippen LogP contribution in [0.25, 0.3) is 0 Å². The van der Waals surface area contributed by atoms with Crippen LogP contribution in [0.5, 0.6) is 0 Å². The average Bonchev–Trinajstić information content (AvgIpc) is 2.41. The number of pyridine rings is 1. The molecule has 0 bridgehead atoms. The van der Waals surface area contributed by atoms with Gasteiger partial charge >= 0.3 is 0 Å². The topological polar surface area (TPSA) is 36.4 Å². The number of hydrogen-bond acceptors (Lipinski definition) is 3. The largest absolute Gasteiger partial charge is 0.389 e. The van der Waals surface area contributed by atoms with E-state index in [2.05, 4.69) is 16.8 Å². The molecular weight excluding hydrogens is 224 g/mol. The smallest absolute Gasteiger partial charge is 0.129 e. The van der Waals surface area contributed by atoms with Crippen molar-refractivity contribution in [1.29, 1.82) is 0 Å². The molecule has 1 saturated carbocycles. The van der Waals surface area contributed by atoms with Gasteiger partial charge in [-0.3, -0.25) is 0 Å². The molecule has 3 heteroatoms. The van der Waals surface area contributed by atoms with Gasteiger partial charge in [0.25, 0.3) is 0 Å². The molecule has 0 spiro atoms. The summed E-state index contributed by atoms with van der Waals surface area (Å²) >= 11 is 0. The van der Waals surface area contributed by atoms with Gasteiger partial charge in [-0.25, -0.2) is 4.98 Å². The Morgan fingerprint density at radius 3 is 2.72 bits per heavy atom. The third-order valence-corrected chi connectivity index (χ3v) is 3.90.